The third-order valence-electron chi connectivity index (χ3n) is 4.53. The predicted octanol–water partition coefficient (Wildman–Crippen LogP) is 4.31. The summed E-state index contributed by atoms with van der Waals surface area (Å²) in [6, 6.07) is 7.25. The SMILES string of the molecule is C=CC(=O)OCCCCCCOc1cc(=O)oc2cc(N(CC)CC)ccc12. The third kappa shape index (κ3) is 6.15. The molecule has 0 amide bonds. The van der Waals surface area contributed by atoms with Crippen molar-refractivity contribution < 1.29 is 18.7 Å². The number of nitrogens with zero attached hydrogens (tertiary/aromatic N) is 1. The molecule has 0 unspecified atom stereocenters. The Morgan fingerprint density at radius 1 is 1.11 bits per heavy atom. The Morgan fingerprint density at radius 3 is 2.50 bits per heavy atom. The maximum atomic E-state index is 11.9. The van der Waals surface area contributed by atoms with Crippen LogP contribution >= 0.6 is 0 Å². The fourth-order valence-electron chi connectivity index (χ4n) is 3.00. The zero-order valence-electron chi connectivity index (χ0n) is 16.7. The van der Waals surface area contributed by atoms with Gasteiger partial charge in [0.2, 0.25) is 0 Å². The number of esters is 1. The van der Waals surface area contributed by atoms with Crippen LogP contribution in [0.25, 0.3) is 11.0 Å². The molecule has 6 heteroatoms. The van der Waals surface area contributed by atoms with Gasteiger partial charge in [0.1, 0.15) is 11.3 Å². The summed E-state index contributed by atoms with van der Waals surface area (Å²) in [5, 5.41) is 0.798. The first-order valence-corrected chi connectivity index (χ1v) is 9.83. The molecule has 0 N–H and O–H groups in total. The molecule has 0 saturated heterocycles. The van der Waals surface area contributed by atoms with Crippen LogP contribution in [-0.4, -0.2) is 32.3 Å². The number of hydrogen-bond donors (Lipinski definition) is 0. The molecule has 0 atom stereocenters. The van der Waals surface area contributed by atoms with E-state index in [2.05, 4.69) is 25.3 Å². The number of hydrogen-bond acceptors (Lipinski definition) is 6. The minimum absolute atomic E-state index is 0.387. The molecule has 1 heterocycles. The number of unbranched alkanes of at least 4 members (excludes halogenated alkanes) is 3. The summed E-state index contributed by atoms with van der Waals surface area (Å²) in [4.78, 5) is 25.0. The first-order valence-electron chi connectivity index (χ1n) is 9.83. The third-order valence-corrected chi connectivity index (χ3v) is 4.53. The molecule has 0 saturated carbocycles. The lowest BCUT2D eigenvalue weighted by atomic mass is 10.2. The zero-order valence-corrected chi connectivity index (χ0v) is 16.7. The van der Waals surface area contributed by atoms with Crippen LogP contribution in [0.1, 0.15) is 39.5 Å². The van der Waals surface area contributed by atoms with Crippen LogP contribution < -0.4 is 15.3 Å². The van der Waals surface area contributed by atoms with E-state index in [4.69, 9.17) is 13.9 Å². The zero-order chi connectivity index (χ0) is 20.4. The average Bonchev–Trinajstić information content (AvgIpc) is 2.70. The van der Waals surface area contributed by atoms with Crippen LogP contribution in [0.4, 0.5) is 5.69 Å². The second-order valence-electron chi connectivity index (χ2n) is 6.42. The molecular formula is C22H29NO5. The molecule has 0 aliphatic heterocycles. The Balaban J connectivity index is 1.89. The minimum atomic E-state index is -0.414. The largest absolute Gasteiger partial charge is 0.493 e. The summed E-state index contributed by atoms with van der Waals surface area (Å²) in [6.07, 6.45) is 4.73. The molecule has 0 spiro atoms. The summed E-state index contributed by atoms with van der Waals surface area (Å²) < 4.78 is 16.1. The number of anilines is 1. The lowest BCUT2D eigenvalue weighted by molar-refractivity contribution is -0.137. The van der Waals surface area contributed by atoms with Gasteiger partial charge >= 0.3 is 11.6 Å². The molecule has 0 aliphatic carbocycles. The van der Waals surface area contributed by atoms with E-state index in [-0.39, 0.29) is 5.97 Å². The van der Waals surface area contributed by atoms with Gasteiger partial charge in [-0.25, -0.2) is 9.59 Å². The van der Waals surface area contributed by atoms with E-state index in [0.717, 1.165) is 49.8 Å². The van der Waals surface area contributed by atoms with Gasteiger partial charge in [0.05, 0.1) is 24.7 Å². The minimum Gasteiger partial charge on any atom is -0.493 e. The van der Waals surface area contributed by atoms with Gasteiger partial charge in [-0.15, -0.1) is 0 Å². The van der Waals surface area contributed by atoms with Crippen molar-refractivity contribution in [3.8, 4) is 5.75 Å². The molecule has 0 radical (unpaired) electrons. The van der Waals surface area contributed by atoms with E-state index >= 15 is 0 Å². The highest BCUT2D eigenvalue weighted by Crippen LogP contribution is 2.28. The van der Waals surface area contributed by atoms with Crippen molar-refractivity contribution in [3.63, 3.8) is 0 Å². The number of rotatable bonds is 12. The maximum absolute atomic E-state index is 11.9. The Kier molecular flexibility index (Phi) is 8.59. The lowest BCUT2D eigenvalue weighted by Gasteiger charge is -2.21. The Labute approximate surface area is 165 Å². The van der Waals surface area contributed by atoms with Gasteiger partial charge in [-0.2, -0.15) is 0 Å². The van der Waals surface area contributed by atoms with E-state index in [1.54, 1.807) is 0 Å². The fourth-order valence-corrected chi connectivity index (χ4v) is 3.00. The van der Waals surface area contributed by atoms with Gasteiger partial charge in [0.15, 0.2) is 0 Å². The van der Waals surface area contributed by atoms with Crippen LogP contribution in [0, 0.1) is 0 Å². The molecule has 28 heavy (non-hydrogen) atoms. The first-order chi connectivity index (χ1) is 13.6. The topological polar surface area (TPSA) is 69.0 Å². The maximum Gasteiger partial charge on any atom is 0.339 e. The first kappa shape index (κ1) is 21.5. The number of benzene rings is 1. The Morgan fingerprint density at radius 2 is 1.82 bits per heavy atom. The molecule has 0 bridgehead atoms. The Hall–Kier alpha value is -2.76. The van der Waals surface area contributed by atoms with E-state index in [1.807, 2.05) is 18.2 Å². The smallest absolute Gasteiger partial charge is 0.339 e. The van der Waals surface area contributed by atoms with Crippen molar-refractivity contribution in [2.75, 3.05) is 31.2 Å². The summed E-state index contributed by atoms with van der Waals surface area (Å²) in [6.45, 7) is 10.2. The quantitative estimate of drug-likeness (QED) is 0.234. The van der Waals surface area contributed by atoms with Crippen LogP contribution in [-0.2, 0) is 9.53 Å². The van der Waals surface area contributed by atoms with E-state index < -0.39 is 5.63 Å². The van der Waals surface area contributed by atoms with Crippen LogP contribution in [0.15, 0.2) is 46.1 Å². The molecule has 1 aromatic carbocycles. The molecule has 1 aromatic heterocycles. The second-order valence-corrected chi connectivity index (χ2v) is 6.42. The number of fused-ring (bicyclic) bond motifs is 1. The van der Waals surface area contributed by atoms with Crippen LogP contribution in [0.2, 0.25) is 0 Å². The normalized spacial score (nSPS) is 10.6. The second kappa shape index (κ2) is 11.2. The predicted molar refractivity (Wildman–Crippen MR) is 111 cm³/mol. The van der Waals surface area contributed by atoms with Crippen LogP contribution in [0.3, 0.4) is 0 Å². The van der Waals surface area contributed by atoms with Gasteiger partial charge in [0.25, 0.3) is 0 Å². The fraction of sp³-hybridized carbons (Fsp3) is 0.455. The van der Waals surface area contributed by atoms with E-state index in [9.17, 15) is 9.59 Å². The van der Waals surface area contributed by atoms with Crippen molar-refractivity contribution in [1.82, 2.24) is 0 Å². The molecule has 0 fully saturated rings. The van der Waals surface area contributed by atoms with Crippen molar-refractivity contribution in [2.45, 2.75) is 39.5 Å². The van der Waals surface area contributed by atoms with Gasteiger partial charge < -0.3 is 18.8 Å². The molecule has 152 valence electrons. The monoisotopic (exact) mass is 387 g/mol. The number of carbonyl (C=O) groups is 1. The molecule has 2 aromatic rings. The number of ether oxygens (including phenoxy) is 2. The number of carbonyl (C=O) groups excluding carboxylic acids is 1. The highest BCUT2D eigenvalue weighted by atomic mass is 16.5. The Bertz CT molecular complexity index is 838. The lowest BCUT2D eigenvalue weighted by Crippen LogP contribution is -2.21. The van der Waals surface area contributed by atoms with Crippen LogP contribution in [0.5, 0.6) is 5.75 Å². The van der Waals surface area contributed by atoms with Gasteiger partial charge in [-0.3, -0.25) is 0 Å². The van der Waals surface area contributed by atoms with Gasteiger partial charge in [-0.1, -0.05) is 6.58 Å². The van der Waals surface area contributed by atoms with Crippen molar-refractivity contribution in [2.24, 2.45) is 0 Å². The summed E-state index contributed by atoms with van der Waals surface area (Å²) in [7, 11) is 0. The van der Waals surface area contributed by atoms with Crippen molar-refractivity contribution in [1.29, 1.82) is 0 Å². The molecular weight excluding hydrogens is 358 g/mol. The standard InChI is InChI=1S/C22H29NO5/c1-4-21(24)27-14-10-8-7-9-13-26-19-16-22(25)28-20-15-17(11-12-18(19)20)23(5-2)6-3/h4,11-12,15-16H,1,5-10,13-14H2,2-3H3. The van der Waals surface area contributed by atoms with Crippen molar-refractivity contribution in [3.05, 3.63) is 47.3 Å². The summed E-state index contributed by atoms with van der Waals surface area (Å²) in [5.41, 5.74) is 1.15. The molecule has 2 rings (SSSR count). The average molecular weight is 387 g/mol. The van der Waals surface area contributed by atoms with E-state index in [1.165, 1.54) is 12.1 Å². The van der Waals surface area contributed by atoms with Crippen molar-refractivity contribution >= 4 is 22.6 Å². The highest BCUT2D eigenvalue weighted by Gasteiger charge is 2.10. The van der Waals surface area contributed by atoms with Gasteiger partial charge in [0, 0.05) is 30.9 Å². The highest BCUT2D eigenvalue weighted by molar-refractivity contribution is 5.86. The summed E-state index contributed by atoms with van der Waals surface area (Å²) in [5.74, 6) is 0.166. The van der Waals surface area contributed by atoms with Gasteiger partial charge in [-0.05, 0) is 51.7 Å². The molecule has 0 aliphatic rings. The molecule has 6 nitrogen and oxygen atoms in total. The summed E-state index contributed by atoms with van der Waals surface area (Å²) >= 11 is 0. The van der Waals surface area contributed by atoms with E-state index in [0.29, 0.717) is 24.5 Å².